The fraction of sp³-hybridized carbons (Fsp3) is 0.385. The first kappa shape index (κ1) is 14.8. The number of hydrogen-bond donors (Lipinski definition) is 0. The second-order valence-corrected chi connectivity index (χ2v) is 4.41. The van der Waals surface area contributed by atoms with Gasteiger partial charge in [0.05, 0.1) is 17.8 Å². The van der Waals surface area contributed by atoms with Gasteiger partial charge in [0.1, 0.15) is 29.3 Å². The van der Waals surface area contributed by atoms with Crippen molar-refractivity contribution in [3.05, 3.63) is 45.2 Å². The van der Waals surface area contributed by atoms with Crippen LogP contribution in [0.15, 0.2) is 16.7 Å². The van der Waals surface area contributed by atoms with E-state index in [-0.39, 0.29) is 18.8 Å². The average molecular weight is 293 g/mol. The minimum Gasteiger partial charge on any atom is -0.466 e. The summed E-state index contributed by atoms with van der Waals surface area (Å²) >= 11 is 0. The third kappa shape index (κ3) is 2.78. The van der Waals surface area contributed by atoms with Gasteiger partial charge in [-0.25, -0.2) is 4.79 Å². The number of ether oxygens (including phenoxy) is 1. The lowest BCUT2D eigenvalue weighted by atomic mass is 10.2. The lowest BCUT2D eigenvalue weighted by Crippen LogP contribution is -2.10. The lowest BCUT2D eigenvalue weighted by Gasteiger charge is -2.04. The number of aryl methyl sites for hydroxylation is 1. The molecule has 0 saturated heterocycles. The standard InChI is InChI=1S/C13H15N3O5/c1-4-20-13(17)10-5-6-21-11(10)7-15-9(3)12(16(18)19)8(2)14-15/h5-6H,4,7H2,1-3H3. The van der Waals surface area contributed by atoms with Crippen LogP contribution in [-0.4, -0.2) is 27.3 Å². The van der Waals surface area contributed by atoms with E-state index in [0.29, 0.717) is 22.7 Å². The minimum atomic E-state index is -0.489. The van der Waals surface area contributed by atoms with Crippen LogP contribution in [0.25, 0.3) is 0 Å². The molecule has 0 spiro atoms. The van der Waals surface area contributed by atoms with Gasteiger partial charge < -0.3 is 9.15 Å². The largest absolute Gasteiger partial charge is 0.466 e. The van der Waals surface area contributed by atoms with Crippen LogP contribution in [-0.2, 0) is 11.3 Å². The van der Waals surface area contributed by atoms with Crippen molar-refractivity contribution in [2.24, 2.45) is 0 Å². The number of carbonyl (C=O) groups excluding carboxylic acids is 1. The van der Waals surface area contributed by atoms with Crippen LogP contribution in [0.3, 0.4) is 0 Å². The van der Waals surface area contributed by atoms with Gasteiger partial charge in [-0.05, 0) is 26.8 Å². The minimum absolute atomic E-state index is 0.0285. The Morgan fingerprint density at radius 1 is 1.52 bits per heavy atom. The first-order valence-electron chi connectivity index (χ1n) is 6.37. The molecular weight excluding hydrogens is 278 g/mol. The van der Waals surface area contributed by atoms with Gasteiger partial charge in [-0.3, -0.25) is 14.8 Å². The number of hydrogen-bond acceptors (Lipinski definition) is 6. The van der Waals surface area contributed by atoms with E-state index in [1.54, 1.807) is 20.8 Å². The Morgan fingerprint density at radius 3 is 2.81 bits per heavy atom. The average Bonchev–Trinajstić information content (AvgIpc) is 2.96. The van der Waals surface area contributed by atoms with E-state index in [4.69, 9.17) is 9.15 Å². The smallest absolute Gasteiger partial charge is 0.341 e. The Kier molecular flexibility index (Phi) is 4.06. The van der Waals surface area contributed by atoms with E-state index in [1.807, 2.05) is 0 Å². The normalized spacial score (nSPS) is 10.6. The SMILES string of the molecule is CCOC(=O)c1ccoc1Cn1nc(C)c([N+](=O)[O-])c1C. The molecular formula is C13H15N3O5. The Labute approximate surface area is 120 Å². The summed E-state index contributed by atoms with van der Waals surface area (Å²) in [6.45, 7) is 5.26. The van der Waals surface area contributed by atoms with E-state index in [0.717, 1.165) is 0 Å². The van der Waals surface area contributed by atoms with Crippen molar-refractivity contribution < 1.29 is 18.9 Å². The van der Waals surface area contributed by atoms with Crippen LogP contribution in [0.2, 0.25) is 0 Å². The molecule has 0 aliphatic carbocycles. The molecule has 2 rings (SSSR count). The van der Waals surface area contributed by atoms with Gasteiger partial charge >= 0.3 is 11.7 Å². The summed E-state index contributed by atoms with van der Waals surface area (Å²) in [5.41, 5.74) is 0.997. The third-order valence-corrected chi connectivity index (χ3v) is 3.06. The molecule has 8 heteroatoms. The van der Waals surface area contributed by atoms with Crippen molar-refractivity contribution in [3.63, 3.8) is 0 Å². The molecule has 0 aromatic carbocycles. The Morgan fingerprint density at radius 2 is 2.24 bits per heavy atom. The molecule has 21 heavy (non-hydrogen) atoms. The van der Waals surface area contributed by atoms with Crippen molar-refractivity contribution in [2.75, 3.05) is 6.61 Å². The number of esters is 1. The highest BCUT2D eigenvalue weighted by Gasteiger charge is 2.24. The second-order valence-electron chi connectivity index (χ2n) is 4.41. The molecule has 0 amide bonds. The maximum atomic E-state index is 11.8. The second kappa shape index (κ2) is 5.78. The molecule has 112 valence electrons. The number of furan rings is 1. The van der Waals surface area contributed by atoms with E-state index < -0.39 is 10.9 Å². The van der Waals surface area contributed by atoms with Crippen molar-refractivity contribution in [1.29, 1.82) is 0 Å². The van der Waals surface area contributed by atoms with Gasteiger partial charge in [0.2, 0.25) is 0 Å². The van der Waals surface area contributed by atoms with Gasteiger partial charge in [0.15, 0.2) is 0 Å². The summed E-state index contributed by atoms with van der Waals surface area (Å²) in [5.74, 6) is -0.133. The molecule has 0 bridgehead atoms. The van der Waals surface area contributed by atoms with Crippen molar-refractivity contribution in [3.8, 4) is 0 Å². The molecule has 8 nitrogen and oxygen atoms in total. The van der Waals surface area contributed by atoms with Crippen molar-refractivity contribution in [1.82, 2.24) is 9.78 Å². The molecule has 0 N–H and O–H groups in total. The van der Waals surface area contributed by atoms with Crippen LogP contribution >= 0.6 is 0 Å². The van der Waals surface area contributed by atoms with Crippen molar-refractivity contribution >= 4 is 11.7 Å². The maximum absolute atomic E-state index is 11.8. The maximum Gasteiger partial charge on any atom is 0.341 e. The van der Waals surface area contributed by atoms with Crippen LogP contribution in [0.4, 0.5) is 5.69 Å². The molecule has 0 atom stereocenters. The molecule has 0 aliphatic heterocycles. The molecule has 0 radical (unpaired) electrons. The van der Waals surface area contributed by atoms with Crippen LogP contribution in [0.1, 0.15) is 34.4 Å². The fourth-order valence-electron chi connectivity index (χ4n) is 2.10. The predicted octanol–water partition coefficient (Wildman–Crippen LogP) is 2.23. The highest BCUT2D eigenvalue weighted by atomic mass is 16.6. The quantitative estimate of drug-likeness (QED) is 0.476. The topological polar surface area (TPSA) is 100 Å². The zero-order valence-corrected chi connectivity index (χ0v) is 12.0. The van der Waals surface area contributed by atoms with E-state index in [9.17, 15) is 14.9 Å². The molecule has 2 aromatic heterocycles. The number of carbonyl (C=O) groups is 1. The molecule has 2 aromatic rings. The van der Waals surface area contributed by atoms with E-state index in [2.05, 4.69) is 5.10 Å². The molecule has 0 unspecified atom stereocenters. The fourth-order valence-corrected chi connectivity index (χ4v) is 2.10. The first-order chi connectivity index (χ1) is 9.95. The predicted molar refractivity (Wildman–Crippen MR) is 72.1 cm³/mol. The Balaban J connectivity index is 2.32. The lowest BCUT2D eigenvalue weighted by molar-refractivity contribution is -0.386. The summed E-state index contributed by atoms with van der Waals surface area (Å²) < 4.78 is 11.6. The van der Waals surface area contributed by atoms with Crippen LogP contribution in [0, 0.1) is 24.0 Å². The Hall–Kier alpha value is -2.64. The van der Waals surface area contributed by atoms with E-state index >= 15 is 0 Å². The molecule has 2 heterocycles. The van der Waals surface area contributed by atoms with Gasteiger partial charge in [-0.1, -0.05) is 0 Å². The zero-order valence-electron chi connectivity index (χ0n) is 12.0. The molecule has 0 saturated carbocycles. The van der Waals surface area contributed by atoms with Gasteiger partial charge in [0.25, 0.3) is 0 Å². The van der Waals surface area contributed by atoms with Gasteiger partial charge in [0, 0.05) is 0 Å². The first-order valence-corrected chi connectivity index (χ1v) is 6.37. The summed E-state index contributed by atoms with van der Waals surface area (Å²) in [6.07, 6.45) is 1.38. The highest BCUT2D eigenvalue weighted by molar-refractivity contribution is 5.90. The number of nitro groups is 1. The van der Waals surface area contributed by atoms with Crippen molar-refractivity contribution in [2.45, 2.75) is 27.3 Å². The highest BCUT2D eigenvalue weighted by Crippen LogP contribution is 2.23. The monoisotopic (exact) mass is 293 g/mol. The van der Waals surface area contributed by atoms with Crippen LogP contribution < -0.4 is 0 Å². The Bertz CT molecular complexity index is 686. The number of rotatable bonds is 5. The summed E-state index contributed by atoms with van der Waals surface area (Å²) in [4.78, 5) is 22.3. The zero-order chi connectivity index (χ0) is 15.6. The molecule has 0 aliphatic rings. The summed E-state index contributed by atoms with van der Waals surface area (Å²) in [7, 11) is 0. The molecule has 0 fully saturated rings. The summed E-state index contributed by atoms with van der Waals surface area (Å²) in [5, 5.41) is 15.1. The van der Waals surface area contributed by atoms with E-state index in [1.165, 1.54) is 17.0 Å². The summed E-state index contributed by atoms with van der Waals surface area (Å²) in [6, 6.07) is 1.51. The van der Waals surface area contributed by atoms with Crippen LogP contribution in [0.5, 0.6) is 0 Å². The third-order valence-electron chi connectivity index (χ3n) is 3.06. The number of aromatic nitrogens is 2. The van der Waals surface area contributed by atoms with Gasteiger partial charge in [-0.2, -0.15) is 5.10 Å². The number of nitrogens with zero attached hydrogens (tertiary/aromatic N) is 3. The van der Waals surface area contributed by atoms with Gasteiger partial charge in [-0.15, -0.1) is 0 Å².